The monoisotopic (exact) mass is 432 g/mol. The van der Waals surface area contributed by atoms with Crippen LogP contribution >= 0.6 is 24.0 Å². The fraction of sp³-hybridized carbons (Fsp3) is 0.588. The van der Waals surface area contributed by atoms with E-state index in [4.69, 9.17) is 10.5 Å². The lowest BCUT2D eigenvalue weighted by molar-refractivity contribution is -0.0136. The van der Waals surface area contributed by atoms with E-state index in [1.807, 2.05) is 0 Å². The molecular weight excluding hydrogens is 403 g/mol. The van der Waals surface area contributed by atoms with Crippen LogP contribution in [-0.2, 0) is 17.6 Å². The smallest absolute Gasteiger partial charge is 0.193 e. The van der Waals surface area contributed by atoms with Crippen LogP contribution in [0.5, 0.6) is 0 Å². The standard InChI is InChI=1S/C17H28N4O.HI/c1-4-13-7-6-8-14(5-2)16(13)20-17(18)19-11-15-12-21(3)9-10-22-15;/h6-8,15H,4-5,9-12H2,1-3H3,(H3,18,19,20);1H. The summed E-state index contributed by atoms with van der Waals surface area (Å²) < 4.78 is 5.71. The quantitative estimate of drug-likeness (QED) is 0.427. The van der Waals surface area contributed by atoms with Crippen molar-refractivity contribution in [2.24, 2.45) is 10.7 Å². The summed E-state index contributed by atoms with van der Waals surface area (Å²) in [6.45, 7) is 7.56. The van der Waals surface area contributed by atoms with Crippen LogP contribution < -0.4 is 11.1 Å². The lowest BCUT2D eigenvalue weighted by Crippen LogP contribution is -2.41. The van der Waals surface area contributed by atoms with E-state index in [0.717, 1.165) is 38.2 Å². The lowest BCUT2D eigenvalue weighted by Gasteiger charge is -2.29. The number of morpholine rings is 1. The zero-order valence-corrected chi connectivity index (χ0v) is 16.7. The van der Waals surface area contributed by atoms with Gasteiger partial charge in [0.15, 0.2) is 5.96 Å². The number of rotatable bonds is 5. The van der Waals surface area contributed by atoms with Gasteiger partial charge in [0.2, 0.25) is 0 Å². The Labute approximate surface area is 156 Å². The van der Waals surface area contributed by atoms with E-state index < -0.39 is 0 Å². The Hall–Kier alpha value is -0.860. The van der Waals surface area contributed by atoms with Crippen LogP contribution in [-0.4, -0.2) is 50.3 Å². The van der Waals surface area contributed by atoms with Gasteiger partial charge in [-0.05, 0) is 31.0 Å². The van der Waals surface area contributed by atoms with Gasteiger partial charge in [-0.2, -0.15) is 0 Å². The van der Waals surface area contributed by atoms with Gasteiger partial charge in [-0.1, -0.05) is 32.0 Å². The molecule has 0 radical (unpaired) electrons. The first-order valence-electron chi connectivity index (χ1n) is 8.11. The van der Waals surface area contributed by atoms with Crippen molar-refractivity contribution in [2.45, 2.75) is 32.8 Å². The van der Waals surface area contributed by atoms with Crippen molar-refractivity contribution in [2.75, 3.05) is 38.6 Å². The van der Waals surface area contributed by atoms with Gasteiger partial charge in [0.1, 0.15) is 0 Å². The molecule has 5 nitrogen and oxygen atoms in total. The summed E-state index contributed by atoms with van der Waals surface area (Å²) in [5, 5.41) is 3.29. The second kappa shape index (κ2) is 10.1. The molecular formula is C17H29IN4O. The summed E-state index contributed by atoms with van der Waals surface area (Å²) in [6, 6.07) is 6.36. The number of nitrogens with zero attached hydrogens (tertiary/aromatic N) is 2. The van der Waals surface area contributed by atoms with Crippen LogP contribution in [0.15, 0.2) is 23.2 Å². The molecule has 0 aliphatic carbocycles. The van der Waals surface area contributed by atoms with Gasteiger partial charge in [-0.15, -0.1) is 24.0 Å². The zero-order valence-electron chi connectivity index (χ0n) is 14.3. The van der Waals surface area contributed by atoms with E-state index in [0.29, 0.717) is 12.5 Å². The molecule has 1 atom stereocenters. The highest BCUT2D eigenvalue weighted by Gasteiger charge is 2.17. The molecule has 3 N–H and O–H groups in total. The maximum atomic E-state index is 6.07. The Morgan fingerprint density at radius 1 is 1.35 bits per heavy atom. The number of benzene rings is 1. The minimum Gasteiger partial charge on any atom is -0.374 e. The number of halogens is 1. The molecule has 0 aromatic heterocycles. The summed E-state index contributed by atoms with van der Waals surface area (Å²) in [6.07, 6.45) is 2.08. The summed E-state index contributed by atoms with van der Waals surface area (Å²) in [7, 11) is 2.10. The molecule has 1 heterocycles. The number of para-hydroxylation sites is 1. The van der Waals surface area contributed by atoms with Crippen LogP contribution in [0.25, 0.3) is 0 Å². The average molecular weight is 432 g/mol. The van der Waals surface area contributed by atoms with E-state index in [1.165, 1.54) is 11.1 Å². The van der Waals surface area contributed by atoms with Crippen LogP contribution in [0.3, 0.4) is 0 Å². The minimum atomic E-state index is 0. The molecule has 0 spiro atoms. The van der Waals surface area contributed by atoms with E-state index in [9.17, 15) is 0 Å². The first kappa shape index (κ1) is 20.2. The molecule has 1 unspecified atom stereocenters. The molecule has 0 saturated carbocycles. The predicted molar refractivity (Wildman–Crippen MR) is 108 cm³/mol. The fourth-order valence-corrected chi connectivity index (χ4v) is 2.75. The number of likely N-dealkylation sites (N-methyl/N-ethyl adjacent to an activating group) is 1. The topological polar surface area (TPSA) is 62.9 Å². The second-order valence-corrected chi connectivity index (χ2v) is 5.76. The van der Waals surface area contributed by atoms with Crippen LogP contribution in [0.4, 0.5) is 5.69 Å². The molecule has 130 valence electrons. The van der Waals surface area contributed by atoms with Crippen LogP contribution in [0.2, 0.25) is 0 Å². The maximum Gasteiger partial charge on any atom is 0.193 e. The first-order valence-corrected chi connectivity index (χ1v) is 8.11. The zero-order chi connectivity index (χ0) is 15.9. The molecule has 1 fully saturated rings. The maximum absolute atomic E-state index is 6.07. The molecule has 1 aromatic carbocycles. The molecule has 23 heavy (non-hydrogen) atoms. The van der Waals surface area contributed by atoms with Crippen LogP contribution in [0, 0.1) is 0 Å². The molecule has 1 aromatic rings. The summed E-state index contributed by atoms with van der Waals surface area (Å²) in [5.41, 5.74) is 9.72. The normalized spacial score (nSPS) is 19.3. The Kier molecular flexibility index (Phi) is 8.86. The number of hydrogen-bond acceptors (Lipinski definition) is 3. The van der Waals surface area contributed by atoms with E-state index in [-0.39, 0.29) is 30.1 Å². The highest BCUT2D eigenvalue weighted by molar-refractivity contribution is 14.0. The Bertz CT molecular complexity index is 499. The van der Waals surface area contributed by atoms with Crippen molar-refractivity contribution in [1.29, 1.82) is 0 Å². The van der Waals surface area contributed by atoms with Gasteiger partial charge in [0.25, 0.3) is 0 Å². The van der Waals surface area contributed by atoms with Gasteiger partial charge in [-0.3, -0.25) is 4.99 Å². The summed E-state index contributed by atoms with van der Waals surface area (Å²) in [5.74, 6) is 0.465. The molecule has 1 aliphatic rings. The SMILES string of the molecule is CCc1cccc(CC)c1NC(N)=NCC1CN(C)CCO1.I. The Morgan fingerprint density at radius 3 is 2.57 bits per heavy atom. The van der Waals surface area contributed by atoms with Crippen LogP contribution in [0.1, 0.15) is 25.0 Å². The molecule has 1 saturated heterocycles. The molecule has 0 bridgehead atoms. The minimum absolute atomic E-state index is 0. The second-order valence-electron chi connectivity index (χ2n) is 5.76. The number of nitrogens with two attached hydrogens (primary N) is 1. The third-order valence-corrected chi connectivity index (χ3v) is 4.06. The van der Waals surface area contributed by atoms with E-state index >= 15 is 0 Å². The highest BCUT2D eigenvalue weighted by Crippen LogP contribution is 2.22. The Morgan fingerprint density at radius 2 is 2.00 bits per heavy atom. The number of anilines is 1. The predicted octanol–water partition coefficient (Wildman–Crippen LogP) is 2.49. The van der Waals surface area contributed by atoms with Crippen molar-refractivity contribution >= 4 is 35.6 Å². The first-order chi connectivity index (χ1) is 10.6. The number of hydrogen-bond donors (Lipinski definition) is 2. The van der Waals surface area contributed by atoms with E-state index in [2.05, 4.69) is 54.3 Å². The number of nitrogens with one attached hydrogen (secondary N) is 1. The fourth-order valence-electron chi connectivity index (χ4n) is 2.75. The molecule has 1 aliphatic heterocycles. The summed E-state index contributed by atoms with van der Waals surface area (Å²) in [4.78, 5) is 6.72. The van der Waals surface area contributed by atoms with Crippen molar-refractivity contribution < 1.29 is 4.74 Å². The van der Waals surface area contributed by atoms with Gasteiger partial charge in [0.05, 0.1) is 19.3 Å². The molecule has 6 heteroatoms. The number of ether oxygens (including phenoxy) is 1. The van der Waals surface area contributed by atoms with Gasteiger partial charge in [-0.25, -0.2) is 0 Å². The number of guanidine groups is 1. The number of aliphatic imine (C=N–C) groups is 1. The van der Waals surface area contributed by atoms with Crippen molar-refractivity contribution in [3.8, 4) is 0 Å². The molecule has 2 rings (SSSR count). The van der Waals surface area contributed by atoms with Gasteiger partial charge >= 0.3 is 0 Å². The third kappa shape index (κ3) is 5.93. The summed E-state index contributed by atoms with van der Waals surface area (Å²) >= 11 is 0. The Balaban J connectivity index is 0.00000264. The number of aryl methyl sites for hydroxylation is 2. The average Bonchev–Trinajstić information content (AvgIpc) is 2.53. The van der Waals surface area contributed by atoms with Crippen molar-refractivity contribution in [1.82, 2.24) is 4.90 Å². The van der Waals surface area contributed by atoms with Gasteiger partial charge in [0, 0.05) is 18.8 Å². The van der Waals surface area contributed by atoms with Crippen molar-refractivity contribution in [3.63, 3.8) is 0 Å². The third-order valence-electron chi connectivity index (χ3n) is 4.06. The lowest BCUT2D eigenvalue weighted by atomic mass is 10.0. The highest BCUT2D eigenvalue weighted by atomic mass is 127. The largest absolute Gasteiger partial charge is 0.374 e. The van der Waals surface area contributed by atoms with Crippen molar-refractivity contribution in [3.05, 3.63) is 29.3 Å². The van der Waals surface area contributed by atoms with Gasteiger partial charge < -0.3 is 20.7 Å². The molecule has 0 amide bonds. The van der Waals surface area contributed by atoms with E-state index in [1.54, 1.807) is 0 Å².